The summed E-state index contributed by atoms with van der Waals surface area (Å²) in [5, 5.41) is 2.95. The van der Waals surface area contributed by atoms with E-state index >= 15 is 0 Å². The van der Waals surface area contributed by atoms with Crippen molar-refractivity contribution < 1.29 is 4.79 Å². The van der Waals surface area contributed by atoms with E-state index in [1.165, 1.54) is 24.8 Å². The van der Waals surface area contributed by atoms with E-state index in [0.29, 0.717) is 17.9 Å². The average Bonchev–Trinajstić information content (AvgIpc) is 2.66. The molecule has 3 rings (SSSR count). The number of aryl methyl sites for hydroxylation is 1. The van der Waals surface area contributed by atoms with Gasteiger partial charge < -0.3 is 10.2 Å². The second-order valence-corrected chi connectivity index (χ2v) is 8.34. The number of benzene rings is 1. The number of nitrogens with zero attached hydrogens (tertiary/aromatic N) is 3. The highest BCUT2D eigenvalue weighted by Gasteiger charge is 2.16. The van der Waals surface area contributed by atoms with Crippen molar-refractivity contribution in [2.75, 3.05) is 18.0 Å². The Morgan fingerprint density at radius 3 is 2.37 bits per heavy atom. The smallest absolute Gasteiger partial charge is 0.251 e. The summed E-state index contributed by atoms with van der Waals surface area (Å²) in [7, 11) is 0. The number of piperidine rings is 1. The lowest BCUT2D eigenvalue weighted by Crippen LogP contribution is -2.31. The number of hydrogen-bond donors (Lipinski definition) is 1. The van der Waals surface area contributed by atoms with Crippen LogP contribution in [0.15, 0.2) is 30.3 Å². The highest BCUT2D eigenvalue weighted by atomic mass is 16.1. The van der Waals surface area contributed by atoms with Gasteiger partial charge in [0, 0.05) is 30.4 Å². The van der Waals surface area contributed by atoms with Crippen molar-refractivity contribution in [3.8, 4) is 0 Å². The molecule has 1 aromatic heterocycles. The van der Waals surface area contributed by atoms with E-state index in [1.54, 1.807) is 0 Å². The van der Waals surface area contributed by atoms with Crippen LogP contribution in [0.3, 0.4) is 0 Å². The van der Waals surface area contributed by atoms with Crippen LogP contribution in [0.5, 0.6) is 0 Å². The fourth-order valence-corrected chi connectivity index (χ4v) is 3.36. The zero-order valence-electron chi connectivity index (χ0n) is 16.9. The number of carbonyl (C=O) groups is 1. The van der Waals surface area contributed by atoms with E-state index in [-0.39, 0.29) is 11.3 Å². The molecule has 144 valence electrons. The first-order valence-electron chi connectivity index (χ1n) is 9.81. The Kier molecular flexibility index (Phi) is 5.78. The first-order chi connectivity index (χ1) is 12.8. The van der Waals surface area contributed by atoms with Crippen molar-refractivity contribution in [2.45, 2.75) is 58.9 Å². The van der Waals surface area contributed by atoms with Crippen molar-refractivity contribution in [3.63, 3.8) is 0 Å². The molecule has 5 nitrogen and oxygen atoms in total. The molecular formula is C22H30N4O. The number of hydrogen-bond acceptors (Lipinski definition) is 4. The minimum absolute atomic E-state index is 0.0786. The number of aromatic nitrogens is 2. The Morgan fingerprint density at radius 1 is 1.07 bits per heavy atom. The zero-order valence-corrected chi connectivity index (χ0v) is 16.9. The monoisotopic (exact) mass is 366 g/mol. The quantitative estimate of drug-likeness (QED) is 0.888. The van der Waals surface area contributed by atoms with Crippen molar-refractivity contribution in [3.05, 3.63) is 53.0 Å². The van der Waals surface area contributed by atoms with Gasteiger partial charge in [0.1, 0.15) is 11.6 Å². The molecule has 1 N–H and O–H groups in total. The van der Waals surface area contributed by atoms with Crippen LogP contribution in [-0.2, 0) is 12.0 Å². The van der Waals surface area contributed by atoms with Gasteiger partial charge in [0.15, 0.2) is 0 Å². The van der Waals surface area contributed by atoms with E-state index in [4.69, 9.17) is 0 Å². The lowest BCUT2D eigenvalue weighted by Gasteiger charge is -2.28. The third kappa shape index (κ3) is 5.06. The van der Waals surface area contributed by atoms with Gasteiger partial charge in [-0.25, -0.2) is 9.97 Å². The summed E-state index contributed by atoms with van der Waals surface area (Å²) in [6.45, 7) is 10.9. The van der Waals surface area contributed by atoms with E-state index < -0.39 is 0 Å². The molecule has 1 fully saturated rings. The van der Waals surface area contributed by atoms with Crippen LogP contribution in [0.25, 0.3) is 0 Å². The van der Waals surface area contributed by atoms with Crippen LogP contribution in [0.2, 0.25) is 0 Å². The minimum Gasteiger partial charge on any atom is -0.357 e. The van der Waals surface area contributed by atoms with Crippen LogP contribution in [-0.4, -0.2) is 29.0 Å². The Morgan fingerprint density at radius 2 is 1.74 bits per heavy atom. The number of amides is 1. The maximum Gasteiger partial charge on any atom is 0.251 e. The minimum atomic E-state index is -0.0971. The lowest BCUT2D eigenvalue weighted by molar-refractivity contribution is 0.0949. The third-order valence-corrected chi connectivity index (χ3v) is 4.99. The van der Waals surface area contributed by atoms with Crippen molar-refractivity contribution in [1.29, 1.82) is 0 Å². The lowest BCUT2D eigenvalue weighted by atomic mass is 9.87. The first-order valence-corrected chi connectivity index (χ1v) is 9.81. The molecule has 1 saturated heterocycles. The maximum atomic E-state index is 12.5. The number of carbonyl (C=O) groups excluding carboxylic acids is 1. The molecule has 1 amide bonds. The molecular weight excluding hydrogens is 336 g/mol. The van der Waals surface area contributed by atoms with Crippen molar-refractivity contribution in [1.82, 2.24) is 15.3 Å². The molecule has 2 aromatic rings. The SMILES string of the molecule is Cc1cc(N2CCCCC2)nc(CNC(=O)c2ccc(C(C)(C)C)cc2)n1. The Labute approximate surface area is 162 Å². The van der Waals surface area contributed by atoms with Gasteiger partial charge in [-0.15, -0.1) is 0 Å². The number of rotatable bonds is 4. The zero-order chi connectivity index (χ0) is 19.4. The first kappa shape index (κ1) is 19.3. The van der Waals surface area contributed by atoms with E-state index in [1.807, 2.05) is 37.3 Å². The van der Waals surface area contributed by atoms with E-state index in [0.717, 1.165) is 24.6 Å². The van der Waals surface area contributed by atoms with Gasteiger partial charge in [-0.05, 0) is 49.3 Å². The molecule has 5 heteroatoms. The van der Waals surface area contributed by atoms with Crippen molar-refractivity contribution >= 4 is 11.7 Å². The van der Waals surface area contributed by atoms with Crippen LogP contribution < -0.4 is 10.2 Å². The van der Waals surface area contributed by atoms with Crippen LogP contribution in [0.1, 0.15) is 67.5 Å². The second-order valence-electron chi connectivity index (χ2n) is 8.34. The van der Waals surface area contributed by atoms with Gasteiger partial charge in [-0.2, -0.15) is 0 Å². The van der Waals surface area contributed by atoms with Crippen LogP contribution in [0, 0.1) is 6.92 Å². The van der Waals surface area contributed by atoms with Gasteiger partial charge in [0.25, 0.3) is 5.91 Å². The van der Waals surface area contributed by atoms with Gasteiger partial charge in [-0.3, -0.25) is 4.79 Å². The van der Waals surface area contributed by atoms with Gasteiger partial charge in [0.2, 0.25) is 0 Å². The second kappa shape index (κ2) is 8.07. The fourth-order valence-electron chi connectivity index (χ4n) is 3.36. The predicted molar refractivity (Wildman–Crippen MR) is 109 cm³/mol. The standard InChI is InChI=1S/C22H30N4O/c1-16-14-20(26-12-6-5-7-13-26)25-19(24-16)15-23-21(27)17-8-10-18(11-9-17)22(2,3)4/h8-11,14H,5-7,12-13,15H2,1-4H3,(H,23,27). The summed E-state index contributed by atoms with van der Waals surface area (Å²) in [6.07, 6.45) is 3.71. The molecule has 27 heavy (non-hydrogen) atoms. The Hall–Kier alpha value is -2.43. The average molecular weight is 367 g/mol. The molecule has 0 spiro atoms. The van der Waals surface area contributed by atoms with Gasteiger partial charge >= 0.3 is 0 Å². The molecule has 0 saturated carbocycles. The Balaban J connectivity index is 1.65. The summed E-state index contributed by atoms with van der Waals surface area (Å²) >= 11 is 0. The summed E-state index contributed by atoms with van der Waals surface area (Å²) in [5.74, 6) is 1.54. The van der Waals surface area contributed by atoms with Crippen molar-refractivity contribution in [2.24, 2.45) is 0 Å². The topological polar surface area (TPSA) is 58.1 Å². The molecule has 0 unspecified atom stereocenters. The molecule has 0 atom stereocenters. The molecule has 2 heterocycles. The summed E-state index contributed by atoms with van der Waals surface area (Å²) in [4.78, 5) is 23.9. The van der Waals surface area contributed by atoms with Crippen LogP contribution in [0.4, 0.5) is 5.82 Å². The molecule has 0 aliphatic carbocycles. The molecule has 1 aliphatic heterocycles. The molecule has 1 aromatic carbocycles. The number of nitrogens with one attached hydrogen (secondary N) is 1. The highest BCUT2D eigenvalue weighted by Crippen LogP contribution is 2.22. The highest BCUT2D eigenvalue weighted by molar-refractivity contribution is 5.94. The third-order valence-electron chi connectivity index (χ3n) is 4.99. The van der Waals surface area contributed by atoms with E-state index in [9.17, 15) is 4.79 Å². The van der Waals surface area contributed by atoms with Gasteiger partial charge in [-0.1, -0.05) is 32.9 Å². The molecule has 0 bridgehead atoms. The van der Waals surface area contributed by atoms with Crippen LogP contribution >= 0.6 is 0 Å². The fraction of sp³-hybridized carbons (Fsp3) is 0.500. The predicted octanol–water partition coefficient (Wildman–Crippen LogP) is 4.00. The largest absolute Gasteiger partial charge is 0.357 e. The molecule has 1 aliphatic rings. The summed E-state index contributed by atoms with van der Waals surface area (Å²) < 4.78 is 0. The maximum absolute atomic E-state index is 12.5. The van der Waals surface area contributed by atoms with Gasteiger partial charge in [0.05, 0.1) is 6.54 Å². The molecule has 0 radical (unpaired) electrons. The summed E-state index contributed by atoms with van der Waals surface area (Å²) in [5.41, 5.74) is 2.89. The van der Waals surface area contributed by atoms with E-state index in [2.05, 4.69) is 41.0 Å². The normalized spacial score (nSPS) is 14.9. The summed E-state index contributed by atoms with van der Waals surface area (Å²) in [6, 6.07) is 9.83. The Bertz CT molecular complexity index is 787. The number of anilines is 1.